The summed E-state index contributed by atoms with van der Waals surface area (Å²) in [7, 11) is 4.85. The molecule has 5 rings (SSSR count). The van der Waals surface area contributed by atoms with E-state index in [0.717, 1.165) is 0 Å². The average molecular weight is 421 g/mol. The summed E-state index contributed by atoms with van der Waals surface area (Å²) in [6.07, 6.45) is 6.51. The maximum atomic E-state index is 14.3. The number of imidazole rings is 1. The summed E-state index contributed by atoms with van der Waals surface area (Å²) in [6, 6.07) is 1.77. The largest absolute Gasteiger partial charge is 0.496 e. The molecular weight excluding hydrogens is 401 g/mol. The first-order chi connectivity index (χ1) is 15.0. The van der Waals surface area contributed by atoms with E-state index in [4.69, 9.17) is 14.9 Å². The number of aliphatic imine (C=N–C) groups is 1. The summed E-state index contributed by atoms with van der Waals surface area (Å²) in [6.45, 7) is 0. The number of nitrogens with zero attached hydrogens (tertiary/aromatic N) is 4. The molecule has 9 heteroatoms. The maximum absolute atomic E-state index is 14.3. The number of hydrogen-bond donors (Lipinski definition) is 1. The van der Waals surface area contributed by atoms with E-state index in [0.29, 0.717) is 62.3 Å². The molecule has 0 unspecified atom stereocenters. The topological polar surface area (TPSA) is 100 Å². The molecule has 0 radical (unpaired) electrons. The molecule has 3 heterocycles. The van der Waals surface area contributed by atoms with E-state index in [2.05, 4.69) is 9.98 Å². The second-order valence-electron chi connectivity index (χ2n) is 7.36. The van der Waals surface area contributed by atoms with Gasteiger partial charge < -0.3 is 14.9 Å². The zero-order chi connectivity index (χ0) is 21.9. The van der Waals surface area contributed by atoms with Crippen LogP contribution in [0.1, 0.15) is 23.4 Å². The first kappa shape index (κ1) is 19.1. The van der Waals surface area contributed by atoms with Crippen LogP contribution >= 0.6 is 0 Å². The number of pyridine rings is 1. The molecule has 0 amide bonds. The molecule has 158 valence electrons. The van der Waals surface area contributed by atoms with Crippen LogP contribution in [-0.2, 0) is 13.5 Å². The maximum Gasteiger partial charge on any atom is 0.333 e. The minimum Gasteiger partial charge on any atom is -0.496 e. The quantitative estimate of drug-likeness (QED) is 0.512. The Labute approximate surface area is 175 Å². The number of allylic oxidation sites excluding steroid dienone is 2. The molecule has 0 saturated heterocycles. The van der Waals surface area contributed by atoms with Crippen molar-refractivity contribution in [3.63, 3.8) is 0 Å². The minimum absolute atomic E-state index is 0.191. The Hall–Kier alpha value is -3.88. The molecule has 2 N–H and O–H groups in total. The smallest absolute Gasteiger partial charge is 0.333 e. The average Bonchev–Trinajstić information content (AvgIpc) is 2.93. The van der Waals surface area contributed by atoms with Crippen molar-refractivity contribution in [2.75, 3.05) is 14.2 Å². The lowest BCUT2D eigenvalue weighted by Crippen LogP contribution is -2.19. The molecule has 1 aromatic carbocycles. The van der Waals surface area contributed by atoms with Gasteiger partial charge in [-0.15, -0.1) is 0 Å². The van der Waals surface area contributed by atoms with Gasteiger partial charge in [0.15, 0.2) is 0 Å². The monoisotopic (exact) mass is 421 g/mol. The normalized spacial score (nSPS) is 14.7. The van der Waals surface area contributed by atoms with Crippen LogP contribution in [0.25, 0.3) is 39.2 Å². The van der Waals surface area contributed by atoms with Crippen LogP contribution in [0.2, 0.25) is 0 Å². The third kappa shape index (κ3) is 2.56. The van der Waals surface area contributed by atoms with Gasteiger partial charge in [-0.2, -0.15) is 0 Å². The summed E-state index contributed by atoms with van der Waals surface area (Å²) in [5.41, 5.74) is 9.40. The first-order valence-electron chi connectivity index (χ1n) is 9.73. The molecule has 1 aliphatic rings. The zero-order valence-corrected chi connectivity index (χ0v) is 17.3. The first-order valence-corrected chi connectivity index (χ1v) is 9.73. The summed E-state index contributed by atoms with van der Waals surface area (Å²) < 4.78 is 29.3. The summed E-state index contributed by atoms with van der Waals surface area (Å²) >= 11 is 0. The van der Waals surface area contributed by atoms with Crippen LogP contribution in [0.3, 0.4) is 0 Å². The fourth-order valence-corrected chi connectivity index (χ4v) is 4.26. The second-order valence-corrected chi connectivity index (χ2v) is 7.36. The van der Waals surface area contributed by atoms with Crippen molar-refractivity contribution in [1.29, 1.82) is 0 Å². The number of ether oxygens (including phenoxy) is 1. The van der Waals surface area contributed by atoms with Gasteiger partial charge in [0.25, 0.3) is 0 Å². The van der Waals surface area contributed by atoms with Gasteiger partial charge >= 0.3 is 5.69 Å². The van der Waals surface area contributed by atoms with Gasteiger partial charge in [-0.05, 0) is 6.08 Å². The molecule has 0 atom stereocenters. The number of nitrogens with two attached hydrogens (primary N) is 1. The Balaban J connectivity index is 2.16. The third-order valence-corrected chi connectivity index (χ3v) is 5.69. The van der Waals surface area contributed by atoms with Crippen molar-refractivity contribution in [2.24, 2.45) is 17.8 Å². The summed E-state index contributed by atoms with van der Waals surface area (Å²) in [5.74, 6) is 0.686. The SMILES string of the molecule is CN=CC(=CN)c1c(OC)cc2ncc3c4c2c1oc1c(n4c(=O)n3C)C=C(F)CC1. The van der Waals surface area contributed by atoms with E-state index in [-0.39, 0.29) is 17.9 Å². The molecule has 0 spiro atoms. The Morgan fingerprint density at radius 3 is 2.94 bits per heavy atom. The van der Waals surface area contributed by atoms with Crippen LogP contribution < -0.4 is 16.2 Å². The van der Waals surface area contributed by atoms with Crippen molar-refractivity contribution >= 4 is 45.4 Å². The van der Waals surface area contributed by atoms with Gasteiger partial charge in [0.1, 0.15) is 22.9 Å². The van der Waals surface area contributed by atoms with Crippen molar-refractivity contribution in [1.82, 2.24) is 14.0 Å². The molecule has 8 nitrogen and oxygen atoms in total. The van der Waals surface area contributed by atoms with Crippen LogP contribution in [-0.4, -0.2) is 34.3 Å². The van der Waals surface area contributed by atoms with Gasteiger partial charge in [0.05, 0.1) is 46.5 Å². The van der Waals surface area contributed by atoms with Crippen molar-refractivity contribution in [3.8, 4) is 5.75 Å². The highest BCUT2D eigenvalue weighted by molar-refractivity contribution is 6.20. The number of rotatable bonds is 3. The predicted molar refractivity (Wildman–Crippen MR) is 118 cm³/mol. The van der Waals surface area contributed by atoms with Crippen molar-refractivity contribution < 1.29 is 13.5 Å². The number of aromatic nitrogens is 3. The molecule has 3 aromatic heterocycles. The molecule has 0 saturated carbocycles. The Kier molecular flexibility index (Phi) is 4.21. The molecule has 4 aromatic rings. The lowest BCUT2D eigenvalue weighted by molar-refractivity contribution is 0.413. The Bertz CT molecular complexity index is 1530. The van der Waals surface area contributed by atoms with Crippen LogP contribution in [0.4, 0.5) is 4.39 Å². The Morgan fingerprint density at radius 2 is 2.23 bits per heavy atom. The molecule has 0 aliphatic heterocycles. The fourth-order valence-electron chi connectivity index (χ4n) is 4.26. The van der Waals surface area contributed by atoms with E-state index in [1.165, 1.54) is 21.2 Å². The van der Waals surface area contributed by atoms with Gasteiger partial charge in [-0.25, -0.2) is 9.18 Å². The highest BCUT2D eigenvalue weighted by atomic mass is 19.1. The molecule has 31 heavy (non-hydrogen) atoms. The van der Waals surface area contributed by atoms with E-state index < -0.39 is 0 Å². The summed E-state index contributed by atoms with van der Waals surface area (Å²) in [5, 5.41) is 0.623. The number of fused-ring (bicyclic) bond motifs is 2. The zero-order valence-electron chi connectivity index (χ0n) is 17.3. The van der Waals surface area contributed by atoms with E-state index in [1.54, 1.807) is 39.7 Å². The number of benzene rings is 1. The van der Waals surface area contributed by atoms with E-state index in [1.807, 2.05) is 0 Å². The minimum atomic E-state index is -0.305. The lowest BCUT2D eigenvalue weighted by Gasteiger charge is -2.13. The summed E-state index contributed by atoms with van der Waals surface area (Å²) in [4.78, 5) is 21.8. The Morgan fingerprint density at radius 1 is 1.42 bits per heavy atom. The third-order valence-electron chi connectivity index (χ3n) is 5.69. The molecular formula is C22H20FN5O3. The van der Waals surface area contributed by atoms with E-state index >= 15 is 0 Å². The molecule has 1 aliphatic carbocycles. The predicted octanol–water partition coefficient (Wildman–Crippen LogP) is 3.20. The van der Waals surface area contributed by atoms with Crippen molar-refractivity contribution in [2.45, 2.75) is 12.8 Å². The molecule has 0 fully saturated rings. The van der Waals surface area contributed by atoms with Gasteiger partial charge in [0, 0.05) is 51.0 Å². The van der Waals surface area contributed by atoms with Crippen molar-refractivity contribution in [3.05, 3.63) is 51.8 Å². The van der Waals surface area contributed by atoms with Gasteiger partial charge in [-0.3, -0.25) is 18.9 Å². The van der Waals surface area contributed by atoms with Gasteiger partial charge in [0.2, 0.25) is 0 Å². The van der Waals surface area contributed by atoms with Crippen LogP contribution in [0, 0.1) is 0 Å². The highest BCUT2D eigenvalue weighted by Crippen LogP contribution is 2.40. The number of aryl methyl sites for hydroxylation is 2. The lowest BCUT2D eigenvalue weighted by atomic mass is 10.0. The number of halogens is 1. The van der Waals surface area contributed by atoms with Crippen LogP contribution in [0.5, 0.6) is 5.75 Å². The standard InChI is InChI=1S/C22H20FN5O3/c1-25-9-11(8-24)18-17(30-3)7-13-19-20-15(10-26-13)27(2)22(29)28(20)14-6-12(23)4-5-16(14)31-21(18)19/h6-10H,4-5,24H2,1-3H3. The highest BCUT2D eigenvalue weighted by Gasteiger charge is 2.26. The second kappa shape index (κ2) is 6.83. The fraction of sp³-hybridized carbons (Fsp3) is 0.227. The number of hydrogen-bond acceptors (Lipinski definition) is 6. The van der Waals surface area contributed by atoms with E-state index in [9.17, 15) is 9.18 Å². The number of methoxy groups -OCH3 is 1. The van der Waals surface area contributed by atoms with Gasteiger partial charge in [-0.1, -0.05) is 0 Å². The van der Waals surface area contributed by atoms with Crippen LogP contribution in [0.15, 0.2) is 38.5 Å². The molecule has 0 bridgehead atoms.